The van der Waals surface area contributed by atoms with Crippen LogP contribution in [-0.2, 0) is 17.1 Å². The summed E-state index contributed by atoms with van der Waals surface area (Å²) < 4.78 is 30.1. The third-order valence-corrected chi connectivity index (χ3v) is 7.81. The average Bonchev–Trinajstić information content (AvgIpc) is 3.34. The molecule has 2 aromatic heterocycles. The van der Waals surface area contributed by atoms with Crippen LogP contribution in [0.25, 0.3) is 11.4 Å². The van der Waals surface area contributed by atoms with E-state index in [9.17, 15) is 13.2 Å². The topological polar surface area (TPSA) is 108 Å². The summed E-state index contributed by atoms with van der Waals surface area (Å²) in [5.74, 6) is 0.704. The van der Waals surface area contributed by atoms with Gasteiger partial charge in [-0.3, -0.25) is 9.48 Å². The van der Waals surface area contributed by atoms with Crippen LogP contribution >= 0.6 is 11.8 Å². The van der Waals surface area contributed by atoms with Crippen molar-refractivity contribution in [2.24, 2.45) is 7.05 Å². The maximum absolute atomic E-state index is 13.2. The molecule has 0 amide bonds. The molecule has 0 radical (unpaired) electrons. The zero-order chi connectivity index (χ0) is 20.6. The standard InChI is InChI=1S/C17H21N7O3S2/c1-13-15(16(25)24(21(13)2)14-7-4-3-5-8-14)23-17(18-19-20-23)28-11-10-22-9-6-12-29(22,26)27/h3-5,7-8H,6,9-12H2,1-2H3. The molecule has 4 rings (SSSR count). The number of para-hydroxylation sites is 1. The molecule has 1 fully saturated rings. The highest BCUT2D eigenvalue weighted by molar-refractivity contribution is 7.99. The van der Waals surface area contributed by atoms with Gasteiger partial charge in [0.05, 0.1) is 17.1 Å². The van der Waals surface area contributed by atoms with Crippen LogP contribution in [0.3, 0.4) is 0 Å². The van der Waals surface area contributed by atoms with E-state index in [0.29, 0.717) is 36.1 Å². The van der Waals surface area contributed by atoms with Gasteiger partial charge in [0, 0.05) is 25.9 Å². The second-order valence-corrected chi connectivity index (χ2v) is 9.85. The zero-order valence-electron chi connectivity index (χ0n) is 16.1. The molecular weight excluding hydrogens is 414 g/mol. The van der Waals surface area contributed by atoms with Crippen molar-refractivity contribution in [3.63, 3.8) is 0 Å². The summed E-state index contributed by atoms with van der Waals surface area (Å²) in [5, 5.41) is 12.2. The quantitative estimate of drug-likeness (QED) is 0.521. The first-order valence-electron chi connectivity index (χ1n) is 9.13. The van der Waals surface area contributed by atoms with E-state index in [1.807, 2.05) is 44.3 Å². The second-order valence-electron chi connectivity index (χ2n) is 6.70. The normalized spacial score (nSPS) is 16.5. The number of aromatic nitrogens is 6. The highest BCUT2D eigenvalue weighted by Gasteiger charge is 2.28. The van der Waals surface area contributed by atoms with E-state index in [2.05, 4.69) is 15.5 Å². The number of thioether (sulfide) groups is 1. The van der Waals surface area contributed by atoms with Crippen molar-refractivity contribution >= 4 is 21.8 Å². The van der Waals surface area contributed by atoms with Crippen molar-refractivity contribution in [2.45, 2.75) is 18.5 Å². The molecule has 12 heteroatoms. The summed E-state index contributed by atoms with van der Waals surface area (Å²) in [6, 6.07) is 9.34. The van der Waals surface area contributed by atoms with E-state index in [4.69, 9.17) is 0 Å². The Bertz CT molecular complexity index is 1180. The summed E-state index contributed by atoms with van der Waals surface area (Å²) in [6.45, 7) is 2.78. The molecule has 1 aliphatic rings. The lowest BCUT2D eigenvalue weighted by Crippen LogP contribution is -2.28. The molecule has 0 N–H and O–H groups in total. The maximum atomic E-state index is 13.2. The number of benzene rings is 1. The number of rotatable bonds is 6. The number of hydrogen-bond acceptors (Lipinski definition) is 7. The van der Waals surface area contributed by atoms with E-state index in [-0.39, 0.29) is 11.3 Å². The van der Waals surface area contributed by atoms with Gasteiger partial charge in [0.25, 0.3) is 5.56 Å². The van der Waals surface area contributed by atoms with Crippen LogP contribution in [0.4, 0.5) is 0 Å². The first kappa shape index (κ1) is 19.9. The van der Waals surface area contributed by atoms with Gasteiger partial charge in [0.1, 0.15) is 0 Å². The monoisotopic (exact) mass is 435 g/mol. The summed E-state index contributed by atoms with van der Waals surface area (Å²) in [7, 11) is -1.32. The second kappa shape index (κ2) is 7.76. The van der Waals surface area contributed by atoms with Gasteiger partial charge in [-0.15, -0.1) is 5.10 Å². The van der Waals surface area contributed by atoms with Gasteiger partial charge in [-0.05, 0) is 35.9 Å². The van der Waals surface area contributed by atoms with Crippen molar-refractivity contribution in [1.82, 2.24) is 33.9 Å². The van der Waals surface area contributed by atoms with Gasteiger partial charge >= 0.3 is 0 Å². The van der Waals surface area contributed by atoms with Gasteiger partial charge in [0.2, 0.25) is 15.2 Å². The van der Waals surface area contributed by atoms with Crippen molar-refractivity contribution in [3.8, 4) is 11.4 Å². The molecule has 0 bridgehead atoms. The van der Waals surface area contributed by atoms with E-state index < -0.39 is 10.0 Å². The first-order valence-corrected chi connectivity index (χ1v) is 11.7. The third kappa shape index (κ3) is 3.63. The Labute approximate surface area is 172 Å². The lowest BCUT2D eigenvalue weighted by atomic mass is 10.3. The number of hydrogen-bond donors (Lipinski definition) is 0. The van der Waals surface area contributed by atoms with Crippen LogP contribution in [0, 0.1) is 6.92 Å². The minimum absolute atomic E-state index is 0.206. The Morgan fingerprint density at radius 1 is 1.21 bits per heavy atom. The SMILES string of the molecule is Cc1c(-n2nnnc2SCCN2CCCS2(=O)=O)c(=O)n(-c2ccccc2)n1C. The number of tetrazole rings is 1. The average molecular weight is 436 g/mol. The fourth-order valence-electron chi connectivity index (χ4n) is 3.39. The fraction of sp³-hybridized carbons (Fsp3) is 0.412. The van der Waals surface area contributed by atoms with Gasteiger partial charge in [0.15, 0.2) is 5.69 Å². The van der Waals surface area contributed by atoms with Crippen LogP contribution < -0.4 is 5.56 Å². The molecule has 1 aliphatic heterocycles. The zero-order valence-corrected chi connectivity index (χ0v) is 17.7. The van der Waals surface area contributed by atoms with Crippen LogP contribution in [0.2, 0.25) is 0 Å². The number of sulfonamides is 1. The minimum Gasteiger partial charge on any atom is -0.283 e. The molecule has 0 atom stereocenters. The van der Waals surface area contributed by atoms with Crippen molar-refractivity contribution in [1.29, 1.82) is 0 Å². The van der Waals surface area contributed by atoms with Crippen molar-refractivity contribution in [3.05, 3.63) is 46.4 Å². The molecule has 3 heterocycles. The molecule has 1 aromatic carbocycles. The minimum atomic E-state index is -3.13. The van der Waals surface area contributed by atoms with E-state index in [1.54, 1.807) is 9.36 Å². The van der Waals surface area contributed by atoms with Crippen LogP contribution in [0.15, 0.2) is 40.3 Å². The largest absolute Gasteiger partial charge is 0.297 e. The lowest BCUT2D eigenvalue weighted by molar-refractivity contribution is 0.465. The van der Waals surface area contributed by atoms with E-state index >= 15 is 0 Å². The molecular formula is C17H21N7O3S2. The molecule has 0 aliphatic carbocycles. The summed E-state index contributed by atoms with van der Waals surface area (Å²) in [4.78, 5) is 13.2. The van der Waals surface area contributed by atoms with Crippen LogP contribution in [0.1, 0.15) is 12.1 Å². The van der Waals surface area contributed by atoms with Crippen molar-refractivity contribution in [2.75, 3.05) is 24.6 Å². The Morgan fingerprint density at radius 3 is 2.66 bits per heavy atom. The number of nitrogens with zero attached hydrogens (tertiary/aromatic N) is 7. The van der Waals surface area contributed by atoms with Crippen LogP contribution in [0.5, 0.6) is 0 Å². The molecule has 0 spiro atoms. The molecule has 1 saturated heterocycles. The summed E-state index contributed by atoms with van der Waals surface area (Å²) in [5.41, 5.74) is 1.61. The smallest absolute Gasteiger partial charge is 0.283 e. The fourth-order valence-corrected chi connectivity index (χ4v) is 5.87. The summed E-state index contributed by atoms with van der Waals surface area (Å²) in [6.07, 6.45) is 0.660. The predicted molar refractivity (Wildman–Crippen MR) is 109 cm³/mol. The highest BCUT2D eigenvalue weighted by Crippen LogP contribution is 2.21. The molecule has 29 heavy (non-hydrogen) atoms. The van der Waals surface area contributed by atoms with Gasteiger partial charge in [-0.1, -0.05) is 30.0 Å². The summed E-state index contributed by atoms with van der Waals surface area (Å²) >= 11 is 1.33. The molecule has 154 valence electrons. The molecule has 0 unspecified atom stereocenters. The van der Waals surface area contributed by atoms with Gasteiger partial charge in [-0.2, -0.15) is 4.68 Å². The van der Waals surface area contributed by atoms with Gasteiger partial charge in [-0.25, -0.2) is 17.4 Å². The molecule has 3 aromatic rings. The van der Waals surface area contributed by atoms with Gasteiger partial charge < -0.3 is 0 Å². The third-order valence-electron chi connectivity index (χ3n) is 4.95. The Hall–Kier alpha value is -2.44. The Morgan fingerprint density at radius 2 is 1.97 bits per heavy atom. The molecule has 0 saturated carbocycles. The van der Waals surface area contributed by atoms with Crippen LogP contribution in [-0.4, -0.2) is 66.9 Å². The van der Waals surface area contributed by atoms with Crippen molar-refractivity contribution < 1.29 is 8.42 Å². The highest BCUT2D eigenvalue weighted by atomic mass is 32.2. The predicted octanol–water partition coefficient (Wildman–Crippen LogP) is 0.588. The lowest BCUT2D eigenvalue weighted by Gasteiger charge is -2.13. The van der Waals surface area contributed by atoms with E-state index in [0.717, 1.165) is 11.4 Å². The molecule has 10 nitrogen and oxygen atoms in total. The Kier molecular flexibility index (Phi) is 5.32. The Balaban J connectivity index is 1.61. The maximum Gasteiger partial charge on any atom is 0.297 e. The van der Waals surface area contributed by atoms with E-state index in [1.165, 1.54) is 20.7 Å². The first-order chi connectivity index (χ1) is 13.9.